The summed E-state index contributed by atoms with van der Waals surface area (Å²) < 4.78 is 12.7. The fourth-order valence-corrected chi connectivity index (χ4v) is 1.89. The van der Waals surface area contributed by atoms with Crippen LogP contribution in [-0.4, -0.2) is 36.5 Å². The van der Waals surface area contributed by atoms with Gasteiger partial charge in [0.1, 0.15) is 5.82 Å². The maximum absolute atomic E-state index is 12.7. The molecule has 1 heterocycles. The van der Waals surface area contributed by atoms with E-state index < -0.39 is 0 Å². The molecular weight excluding hydrogens is 207 g/mol. The summed E-state index contributed by atoms with van der Waals surface area (Å²) in [6.07, 6.45) is 0. The molecule has 86 valence electrons. The van der Waals surface area contributed by atoms with E-state index in [-0.39, 0.29) is 11.7 Å². The molecule has 0 aromatic heterocycles. The molecule has 16 heavy (non-hydrogen) atoms. The van der Waals surface area contributed by atoms with E-state index in [1.807, 2.05) is 6.92 Å². The Morgan fingerprint density at radius 3 is 2.75 bits per heavy atom. The van der Waals surface area contributed by atoms with Crippen molar-refractivity contribution in [2.24, 2.45) is 0 Å². The molecular formula is C12H15FN2O. The molecule has 0 bridgehead atoms. The van der Waals surface area contributed by atoms with E-state index in [4.69, 9.17) is 0 Å². The average molecular weight is 222 g/mol. The molecule has 1 saturated heterocycles. The van der Waals surface area contributed by atoms with Gasteiger partial charge in [0.05, 0.1) is 0 Å². The first-order valence-corrected chi connectivity index (χ1v) is 5.45. The number of hydrogen-bond acceptors (Lipinski definition) is 2. The topological polar surface area (TPSA) is 32.3 Å². The van der Waals surface area contributed by atoms with E-state index in [2.05, 4.69) is 5.32 Å². The highest BCUT2D eigenvalue weighted by atomic mass is 19.1. The molecule has 1 unspecified atom stereocenters. The Bertz CT molecular complexity index is 377. The number of piperazine rings is 1. The number of nitrogens with one attached hydrogen (secondary N) is 1. The van der Waals surface area contributed by atoms with Gasteiger partial charge in [0.15, 0.2) is 0 Å². The van der Waals surface area contributed by atoms with Gasteiger partial charge in [0.2, 0.25) is 0 Å². The van der Waals surface area contributed by atoms with Crippen molar-refractivity contribution < 1.29 is 9.18 Å². The van der Waals surface area contributed by atoms with Crippen LogP contribution in [0.4, 0.5) is 4.39 Å². The van der Waals surface area contributed by atoms with Crippen molar-refractivity contribution in [3.05, 3.63) is 35.6 Å². The van der Waals surface area contributed by atoms with Crippen LogP contribution >= 0.6 is 0 Å². The third-order valence-corrected chi connectivity index (χ3v) is 2.75. The van der Waals surface area contributed by atoms with Crippen molar-refractivity contribution in [1.82, 2.24) is 10.2 Å². The Morgan fingerprint density at radius 2 is 2.12 bits per heavy atom. The highest BCUT2D eigenvalue weighted by molar-refractivity contribution is 5.94. The minimum Gasteiger partial charge on any atom is -0.336 e. The lowest BCUT2D eigenvalue weighted by molar-refractivity contribution is 0.0709. The molecule has 1 amide bonds. The first kappa shape index (κ1) is 11.1. The molecule has 1 fully saturated rings. The molecule has 0 spiro atoms. The van der Waals surface area contributed by atoms with E-state index in [0.29, 0.717) is 24.7 Å². The van der Waals surface area contributed by atoms with Gasteiger partial charge in [0.25, 0.3) is 5.91 Å². The number of benzene rings is 1. The summed E-state index contributed by atoms with van der Waals surface area (Å²) in [6, 6.07) is 6.02. The number of carbonyl (C=O) groups is 1. The molecule has 2 rings (SSSR count). The highest BCUT2D eigenvalue weighted by Gasteiger charge is 2.21. The van der Waals surface area contributed by atoms with Crippen LogP contribution in [0.15, 0.2) is 24.3 Å². The second-order valence-corrected chi connectivity index (χ2v) is 4.11. The van der Waals surface area contributed by atoms with E-state index in [0.717, 1.165) is 6.54 Å². The van der Waals surface area contributed by atoms with Crippen LogP contribution in [-0.2, 0) is 0 Å². The minimum absolute atomic E-state index is 0.0200. The standard InChI is InChI=1S/C12H15FN2O/c1-9-8-15(7-6-14-9)12(16)10-2-4-11(13)5-3-10/h2-5,9,14H,6-8H2,1H3. The van der Waals surface area contributed by atoms with E-state index in [1.54, 1.807) is 4.90 Å². The fourth-order valence-electron chi connectivity index (χ4n) is 1.89. The minimum atomic E-state index is -0.315. The lowest BCUT2D eigenvalue weighted by Gasteiger charge is -2.31. The molecule has 0 radical (unpaired) electrons. The lowest BCUT2D eigenvalue weighted by Crippen LogP contribution is -2.51. The van der Waals surface area contributed by atoms with Crippen LogP contribution in [0.5, 0.6) is 0 Å². The quantitative estimate of drug-likeness (QED) is 0.776. The summed E-state index contributed by atoms with van der Waals surface area (Å²) in [5.74, 6) is -0.335. The van der Waals surface area contributed by atoms with Crippen molar-refractivity contribution >= 4 is 5.91 Å². The normalized spacial score (nSPS) is 20.9. The van der Waals surface area contributed by atoms with Crippen molar-refractivity contribution in [2.75, 3.05) is 19.6 Å². The second-order valence-electron chi connectivity index (χ2n) is 4.11. The summed E-state index contributed by atoms with van der Waals surface area (Å²) >= 11 is 0. The number of amides is 1. The molecule has 1 aliphatic heterocycles. The smallest absolute Gasteiger partial charge is 0.253 e. The van der Waals surface area contributed by atoms with Gasteiger partial charge in [-0.15, -0.1) is 0 Å². The van der Waals surface area contributed by atoms with Gasteiger partial charge < -0.3 is 10.2 Å². The Labute approximate surface area is 94.3 Å². The van der Waals surface area contributed by atoms with Crippen LogP contribution in [0.25, 0.3) is 0 Å². The SMILES string of the molecule is CC1CN(C(=O)c2ccc(F)cc2)CCN1. The molecule has 3 nitrogen and oxygen atoms in total. The van der Waals surface area contributed by atoms with Crippen molar-refractivity contribution in [2.45, 2.75) is 13.0 Å². The fraction of sp³-hybridized carbons (Fsp3) is 0.417. The molecule has 1 aromatic carbocycles. The summed E-state index contributed by atoms with van der Waals surface area (Å²) in [6.45, 7) is 4.27. The summed E-state index contributed by atoms with van der Waals surface area (Å²) in [5.41, 5.74) is 0.551. The maximum atomic E-state index is 12.7. The summed E-state index contributed by atoms with van der Waals surface area (Å²) in [4.78, 5) is 13.8. The van der Waals surface area contributed by atoms with Crippen molar-refractivity contribution in [3.8, 4) is 0 Å². The zero-order chi connectivity index (χ0) is 11.5. The van der Waals surface area contributed by atoms with Crippen LogP contribution < -0.4 is 5.32 Å². The zero-order valence-electron chi connectivity index (χ0n) is 9.24. The largest absolute Gasteiger partial charge is 0.336 e. The van der Waals surface area contributed by atoms with Crippen molar-refractivity contribution in [1.29, 1.82) is 0 Å². The van der Waals surface area contributed by atoms with Crippen LogP contribution in [0.1, 0.15) is 17.3 Å². The van der Waals surface area contributed by atoms with Gasteiger partial charge in [-0.1, -0.05) is 0 Å². The van der Waals surface area contributed by atoms with Gasteiger partial charge in [-0.3, -0.25) is 4.79 Å². The second kappa shape index (κ2) is 4.61. The van der Waals surface area contributed by atoms with E-state index in [9.17, 15) is 9.18 Å². The number of halogens is 1. The predicted octanol–water partition coefficient (Wildman–Crippen LogP) is 1.26. The van der Waals surface area contributed by atoms with E-state index >= 15 is 0 Å². The zero-order valence-corrected chi connectivity index (χ0v) is 9.24. The Hall–Kier alpha value is -1.42. The monoisotopic (exact) mass is 222 g/mol. The number of rotatable bonds is 1. The molecule has 4 heteroatoms. The van der Waals surface area contributed by atoms with Gasteiger partial charge in [-0.2, -0.15) is 0 Å². The number of carbonyl (C=O) groups excluding carboxylic acids is 1. The molecule has 0 aliphatic carbocycles. The summed E-state index contributed by atoms with van der Waals surface area (Å²) in [5, 5.41) is 3.27. The average Bonchev–Trinajstić information content (AvgIpc) is 2.29. The third kappa shape index (κ3) is 2.39. The van der Waals surface area contributed by atoms with Gasteiger partial charge in [0, 0.05) is 31.2 Å². The van der Waals surface area contributed by atoms with Crippen molar-refractivity contribution in [3.63, 3.8) is 0 Å². The summed E-state index contributed by atoms with van der Waals surface area (Å²) in [7, 11) is 0. The highest BCUT2D eigenvalue weighted by Crippen LogP contribution is 2.09. The third-order valence-electron chi connectivity index (χ3n) is 2.75. The predicted molar refractivity (Wildman–Crippen MR) is 59.8 cm³/mol. The molecule has 1 atom stereocenters. The molecule has 1 aliphatic rings. The number of nitrogens with zero attached hydrogens (tertiary/aromatic N) is 1. The first-order valence-electron chi connectivity index (χ1n) is 5.45. The Balaban J connectivity index is 2.09. The molecule has 0 saturated carbocycles. The van der Waals surface area contributed by atoms with Gasteiger partial charge >= 0.3 is 0 Å². The Morgan fingerprint density at radius 1 is 1.44 bits per heavy atom. The first-order chi connectivity index (χ1) is 7.66. The number of hydrogen-bond donors (Lipinski definition) is 1. The van der Waals surface area contributed by atoms with Gasteiger partial charge in [-0.25, -0.2) is 4.39 Å². The van der Waals surface area contributed by atoms with Crippen LogP contribution in [0.3, 0.4) is 0 Å². The van der Waals surface area contributed by atoms with E-state index in [1.165, 1.54) is 24.3 Å². The van der Waals surface area contributed by atoms with Crippen LogP contribution in [0.2, 0.25) is 0 Å². The maximum Gasteiger partial charge on any atom is 0.253 e. The van der Waals surface area contributed by atoms with Crippen LogP contribution in [0, 0.1) is 5.82 Å². The van der Waals surface area contributed by atoms with Gasteiger partial charge in [-0.05, 0) is 31.2 Å². The lowest BCUT2D eigenvalue weighted by atomic mass is 10.1. The molecule has 1 N–H and O–H groups in total. The molecule has 1 aromatic rings. The Kier molecular flexibility index (Phi) is 3.19.